The molecular weight excluding hydrogens is 298 g/mol. The second kappa shape index (κ2) is 5.75. The lowest BCUT2D eigenvalue weighted by molar-refractivity contribution is -0.148. The van der Waals surface area contributed by atoms with Gasteiger partial charge in [0.2, 0.25) is 11.4 Å². The summed E-state index contributed by atoms with van der Waals surface area (Å²) in [4.78, 5) is 38.0. The molecule has 2 fully saturated rings. The van der Waals surface area contributed by atoms with Crippen LogP contribution in [-0.4, -0.2) is 47.3 Å². The number of rotatable bonds is 4. The fourth-order valence-corrected chi connectivity index (χ4v) is 3.35. The van der Waals surface area contributed by atoms with E-state index in [9.17, 15) is 14.4 Å². The van der Waals surface area contributed by atoms with Crippen molar-refractivity contribution in [3.63, 3.8) is 0 Å². The van der Waals surface area contributed by atoms with Crippen molar-refractivity contribution in [1.82, 2.24) is 4.90 Å². The number of ketones is 1. The summed E-state index contributed by atoms with van der Waals surface area (Å²) in [6.45, 7) is 0.0261. The summed E-state index contributed by atoms with van der Waals surface area (Å²) in [5.74, 6) is -1.80. The molecule has 121 valence electrons. The predicted octanol–water partition coefficient (Wildman–Crippen LogP) is -0.685. The molecule has 3 unspecified atom stereocenters. The Hall–Kier alpha value is -2.25. The number of carbonyl (C=O) groups is 3. The van der Waals surface area contributed by atoms with Gasteiger partial charge >= 0.3 is 0 Å². The smallest absolute Gasteiger partial charge is 0.254 e. The van der Waals surface area contributed by atoms with Crippen LogP contribution in [0.1, 0.15) is 18.0 Å². The average Bonchev–Trinajstić information content (AvgIpc) is 3.07. The van der Waals surface area contributed by atoms with Gasteiger partial charge in [0.15, 0.2) is 5.78 Å². The molecular formula is C16H18N3O4. The van der Waals surface area contributed by atoms with Gasteiger partial charge in [0.25, 0.3) is 5.91 Å². The summed E-state index contributed by atoms with van der Waals surface area (Å²) in [6, 6.07) is 8.45. The first-order valence-electron chi connectivity index (χ1n) is 7.39. The number of primary amides is 1. The van der Waals surface area contributed by atoms with Crippen molar-refractivity contribution in [2.24, 2.45) is 11.5 Å². The highest BCUT2D eigenvalue weighted by Crippen LogP contribution is 2.38. The highest BCUT2D eigenvalue weighted by molar-refractivity contribution is 6.15. The molecule has 7 nitrogen and oxygen atoms in total. The van der Waals surface area contributed by atoms with Crippen LogP contribution >= 0.6 is 0 Å². The van der Waals surface area contributed by atoms with Crippen LogP contribution in [0.15, 0.2) is 30.3 Å². The van der Waals surface area contributed by atoms with Crippen molar-refractivity contribution in [3.8, 4) is 0 Å². The zero-order valence-electron chi connectivity index (χ0n) is 12.5. The van der Waals surface area contributed by atoms with Gasteiger partial charge in [-0.15, -0.1) is 0 Å². The fraction of sp³-hybridized carbons (Fsp3) is 0.375. The maximum atomic E-state index is 12.6. The summed E-state index contributed by atoms with van der Waals surface area (Å²) < 4.78 is 5.33. The molecule has 1 aromatic carbocycles. The number of nitrogens with zero attached hydrogens (tertiary/aromatic N) is 1. The second-order valence-electron chi connectivity index (χ2n) is 5.74. The number of benzene rings is 1. The molecule has 2 amide bonds. The Kier molecular flexibility index (Phi) is 3.91. The molecule has 3 atom stereocenters. The van der Waals surface area contributed by atoms with Crippen LogP contribution in [0.3, 0.4) is 0 Å². The number of nitrogens with two attached hydrogens (primary N) is 2. The minimum Gasteiger partial charge on any atom is -0.367 e. The Balaban J connectivity index is 1.82. The van der Waals surface area contributed by atoms with Crippen molar-refractivity contribution in [3.05, 3.63) is 42.3 Å². The van der Waals surface area contributed by atoms with E-state index in [0.717, 1.165) is 5.56 Å². The Morgan fingerprint density at radius 1 is 1.35 bits per heavy atom. The molecule has 0 saturated carbocycles. The van der Waals surface area contributed by atoms with E-state index >= 15 is 0 Å². The van der Waals surface area contributed by atoms with Gasteiger partial charge in [-0.25, -0.2) is 0 Å². The normalized spacial score (nSPS) is 27.8. The molecule has 23 heavy (non-hydrogen) atoms. The van der Waals surface area contributed by atoms with Gasteiger partial charge in [0.05, 0.1) is 12.5 Å². The van der Waals surface area contributed by atoms with Gasteiger partial charge in [-0.3, -0.25) is 14.4 Å². The molecule has 0 aromatic heterocycles. The molecule has 2 heterocycles. The maximum absolute atomic E-state index is 12.6. The molecule has 3 rings (SSSR count). The molecule has 0 aliphatic carbocycles. The number of fused-ring (bicyclic) bond motifs is 1. The van der Waals surface area contributed by atoms with E-state index in [0.29, 0.717) is 6.42 Å². The lowest BCUT2D eigenvalue weighted by Gasteiger charge is -2.33. The Morgan fingerprint density at radius 3 is 2.70 bits per heavy atom. The summed E-state index contributed by atoms with van der Waals surface area (Å²) in [5, 5.41) is 0. The quantitative estimate of drug-likeness (QED) is 0.714. The van der Waals surface area contributed by atoms with E-state index in [-0.39, 0.29) is 13.2 Å². The molecule has 2 saturated heterocycles. The summed E-state index contributed by atoms with van der Waals surface area (Å²) in [7, 11) is 0. The predicted molar refractivity (Wildman–Crippen MR) is 80.7 cm³/mol. The largest absolute Gasteiger partial charge is 0.367 e. The number of ether oxygens (including phenoxy) is 1. The SMILES string of the molecule is NC(=O)C12C(=O)COC1CCN2C(=O)[CH]C(N)c1ccccc1. The highest BCUT2D eigenvalue weighted by atomic mass is 16.5. The van der Waals surface area contributed by atoms with Crippen LogP contribution in [0.25, 0.3) is 0 Å². The van der Waals surface area contributed by atoms with Gasteiger partial charge < -0.3 is 21.1 Å². The molecule has 1 radical (unpaired) electrons. The topological polar surface area (TPSA) is 116 Å². The third kappa shape index (κ3) is 2.32. The summed E-state index contributed by atoms with van der Waals surface area (Å²) in [6.07, 6.45) is 1.03. The Morgan fingerprint density at radius 2 is 2.04 bits per heavy atom. The molecule has 0 spiro atoms. The van der Waals surface area contributed by atoms with E-state index in [1.54, 1.807) is 12.1 Å². The zero-order valence-corrected chi connectivity index (χ0v) is 12.5. The zero-order chi connectivity index (χ0) is 16.6. The maximum Gasteiger partial charge on any atom is 0.254 e. The lowest BCUT2D eigenvalue weighted by Crippen LogP contribution is -2.63. The van der Waals surface area contributed by atoms with Crippen molar-refractivity contribution in [2.45, 2.75) is 24.1 Å². The molecule has 4 N–H and O–H groups in total. The van der Waals surface area contributed by atoms with Crippen LogP contribution in [0.4, 0.5) is 0 Å². The van der Waals surface area contributed by atoms with Crippen LogP contribution in [0.5, 0.6) is 0 Å². The third-order valence-corrected chi connectivity index (χ3v) is 4.50. The monoisotopic (exact) mass is 316 g/mol. The van der Waals surface area contributed by atoms with Crippen molar-refractivity contribution in [2.75, 3.05) is 13.2 Å². The summed E-state index contributed by atoms with van der Waals surface area (Å²) >= 11 is 0. The van der Waals surface area contributed by atoms with Gasteiger partial charge in [-0.2, -0.15) is 0 Å². The van der Waals surface area contributed by atoms with E-state index < -0.39 is 35.3 Å². The summed E-state index contributed by atoms with van der Waals surface area (Å²) in [5.41, 5.74) is 10.5. The van der Waals surface area contributed by atoms with E-state index in [4.69, 9.17) is 16.2 Å². The minimum atomic E-state index is -1.69. The number of hydrogen-bond donors (Lipinski definition) is 2. The second-order valence-corrected chi connectivity index (χ2v) is 5.74. The van der Waals surface area contributed by atoms with Crippen LogP contribution < -0.4 is 11.5 Å². The molecule has 2 aliphatic heterocycles. The Bertz CT molecular complexity index is 648. The van der Waals surface area contributed by atoms with E-state index in [1.807, 2.05) is 18.2 Å². The van der Waals surface area contributed by atoms with Crippen molar-refractivity contribution in [1.29, 1.82) is 0 Å². The number of carbonyl (C=O) groups excluding carboxylic acids is 3. The number of amides is 2. The van der Waals surface area contributed by atoms with Gasteiger partial charge in [0, 0.05) is 12.6 Å². The highest BCUT2D eigenvalue weighted by Gasteiger charge is 2.64. The number of hydrogen-bond acceptors (Lipinski definition) is 5. The van der Waals surface area contributed by atoms with Crippen molar-refractivity contribution < 1.29 is 19.1 Å². The van der Waals surface area contributed by atoms with Crippen LogP contribution in [-0.2, 0) is 19.1 Å². The third-order valence-electron chi connectivity index (χ3n) is 4.50. The van der Waals surface area contributed by atoms with Gasteiger partial charge in [-0.05, 0) is 12.0 Å². The Labute approximate surface area is 133 Å². The first kappa shape index (κ1) is 15.6. The van der Waals surface area contributed by atoms with E-state index in [2.05, 4.69) is 0 Å². The number of Topliss-reactive ketones (excluding diaryl/α,β-unsaturated/α-hetero) is 1. The average molecular weight is 316 g/mol. The van der Waals surface area contributed by atoms with Crippen LogP contribution in [0.2, 0.25) is 0 Å². The first-order valence-corrected chi connectivity index (χ1v) is 7.39. The van der Waals surface area contributed by atoms with E-state index in [1.165, 1.54) is 11.3 Å². The van der Waals surface area contributed by atoms with Gasteiger partial charge in [0.1, 0.15) is 6.61 Å². The number of likely N-dealkylation sites (tertiary alicyclic amines) is 1. The fourth-order valence-electron chi connectivity index (χ4n) is 3.35. The molecule has 1 aromatic rings. The molecule has 2 aliphatic rings. The molecule has 0 bridgehead atoms. The minimum absolute atomic E-state index is 0.206. The van der Waals surface area contributed by atoms with Crippen molar-refractivity contribution >= 4 is 17.6 Å². The van der Waals surface area contributed by atoms with Gasteiger partial charge in [-0.1, -0.05) is 30.3 Å². The first-order chi connectivity index (χ1) is 11.0. The molecule has 7 heteroatoms. The standard InChI is InChI=1S/C16H18N3O4/c17-11(10-4-2-1-3-5-10)8-14(21)19-7-6-13-16(19,15(18)22)12(20)9-23-13/h1-5,8,11,13H,6-7,9,17H2,(H2,18,22). The van der Waals surface area contributed by atoms with Crippen LogP contribution in [0, 0.1) is 6.42 Å². The lowest BCUT2D eigenvalue weighted by atomic mass is 9.89.